The minimum Gasteiger partial charge on any atom is -0.259 e. The van der Waals surface area contributed by atoms with Gasteiger partial charge < -0.3 is 0 Å². The van der Waals surface area contributed by atoms with E-state index in [1.54, 1.807) is 0 Å². The van der Waals surface area contributed by atoms with E-state index >= 15 is 0 Å². The van der Waals surface area contributed by atoms with Gasteiger partial charge in [-0.1, -0.05) is 20.8 Å². The lowest BCUT2D eigenvalue weighted by Crippen LogP contribution is -2.20. The zero-order valence-corrected chi connectivity index (χ0v) is 8.49. The fraction of sp³-hybridized carbons (Fsp3) is 1.00. The normalized spacial score (nSPS) is 23.6. The molecule has 1 aliphatic carbocycles. The van der Waals surface area contributed by atoms with Gasteiger partial charge in [0.1, 0.15) is 0 Å². The Morgan fingerprint density at radius 1 is 1.36 bits per heavy atom. The molecule has 0 heterocycles. The second-order valence-corrected chi connectivity index (χ2v) is 5.78. The van der Waals surface area contributed by atoms with Crippen LogP contribution in [0.4, 0.5) is 0 Å². The van der Waals surface area contributed by atoms with Gasteiger partial charge in [0.25, 0.3) is 0 Å². The molecule has 0 aliphatic heterocycles. The third-order valence-corrected chi connectivity index (χ3v) is 4.62. The van der Waals surface area contributed by atoms with Gasteiger partial charge in [-0.25, -0.2) is 0 Å². The zero-order valence-electron chi connectivity index (χ0n) is 7.67. The summed E-state index contributed by atoms with van der Waals surface area (Å²) < 4.78 is 11.5. The lowest BCUT2D eigenvalue weighted by atomic mass is 10.2. The van der Waals surface area contributed by atoms with Crippen LogP contribution in [0.1, 0.15) is 33.6 Å². The molecule has 2 unspecified atom stereocenters. The molecule has 0 bridgehead atoms. The molecule has 0 radical (unpaired) electrons. The Morgan fingerprint density at radius 3 is 2.27 bits per heavy atom. The summed E-state index contributed by atoms with van der Waals surface area (Å²) in [4.78, 5) is 0. The second kappa shape index (κ2) is 3.70. The molecule has 0 aromatic heterocycles. The summed E-state index contributed by atoms with van der Waals surface area (Å²) in [7, 11) is -0.563. The zero-order chi connectivity index (χ0) is 8.43. The first-order valence-electron chi connectivity index (χ1n) is 4.48. The molecule has 0 spiro atoms. The van der Waals surface area contributed by atoms with E-state index in [4.69, 9.17) is 0 Å². The monoisotopic (exact) mass is 174 g/mol. The summed E-state index contributed by atoms with van der Waals surface area (Å²) in [5, 5.41) is 0.385. The van der Waals surface area contributed by atoms with E-state index in [1.807, 2.05) is 0 Å². The third-order valence-electron chi connectivity index (χ3n) is 2.45. The van der Waals surface area contributed by atoms with Crippen LogP contribution >= 0.6 is 0 Å². The third kappa shape index (κ3) is 2.94. The van der Waals surface area contributed by atoms with Crippen molar-refractivity contribution in [2.24, 2.45) is 11.8 Å². The van der Waals surface area contributed by atoms with E-state index in [1.165, 1.54) is 12.8 Å². The van der Waals surface area contributed by atoms with Crippen LogP contribution in [0.5, 0.6) is 0 Å². The van der Waals surface area contributed by atoms with Gasteiger partial charge in [-0.3, -0.25) is 4.21 Å². The van der Waals surface area contributed by atoms with E-state index in [2.05, 4.69) is 20.8 Å². The van der Waals surface area contributed by atoms with Crippen LogP contribution in [0, 0.1) is 11.8 Å². The summed E-state index contributed by atoms with van der Waals surface area (Å²) in [6.07, 6.45) is 2.63. The Labute approximate surface area is 72.0 Å². The van der Waals surface area contributed by atoms with Crippen LogP contribution in [0.25, 0.3) is 0 Å². The minimum atomic E-state index is -0.563. The number of hydrogen-bond donors (Lipinski definition) is 0. The molecule has 66 valence electrons. The largest absolute Gasteiger partial charge is 0.259 e. The van der Waals surface area contributed by atoms with Crippen LogP contribution in [0.15, 0.2) is 0 Å². The number of hydrogen-bond acceptors (Lipinski definition) is 1. The second-order valence-electron chi connectivity index (χ2n) is 3.94. The lowest BCUT2D eigenvalue weighted by molar-refractivity contribution is 0.603. The summed E-state index contributed by atoms with van der Waals surface area (Å²) in [6.45, 7) is 6.40. The molecule has 1 saturated carbocycles. The standard InChI is InChI=1S/C9H18OS/c1-7(2)8(3)11(10)6-9-4-5-9/h7-9H,4-6H2,1-3H3. The molecule has 1 fully saturated rings. The maximum Gasteiger partial charge on any atom is 0.0342 e. The Balaban J connectivity index is 2.26. The Morgan fingerprint density at radius 2 is 1.91 bits per heavy atom. The molecular formula is C9H18OS. The summed E-state index contributed by atoms with van der Waals surface area (Å²) >= 11 is 0. The van der Waals surface area contributed by atoms with Crippen molar-refractivity contribution in [2.45, 2.75) is 38.9 Å². The highest BCUT2D eigenvalue weighted by molar-refractivity contribution is 7.85. The van der Waals surface area contributed by atoms with Gasteiger partial charge in [0.15, 0.2) is 0 Å². The van der Waals surface area contributed by atoms with E-state index in [9.17, 15) is 4.21 Å². The van der Waals surface area contributed by atoms with Crippen molar-refractivity contribution in [1.29, 1.82) is 0 Å². The molecule has 1 aliphatic rings. The molecule has 1 nitrogen and oxygen atoms in total. The molecule has 2 atom stereocenters. The number of rotatable bonds is 4. The summed E-state index contributed by atoms with van der Waals surface area (Å²) in [5.41, 5.74) is 0. The van der Waals surface area contributed by atoms with Gasteiger partial charge in [0, 0.05) is 21.8 Å². The van der Waals surface area contributed by atoms with Crippen molar-refractivity contribution in [3.05, 3.63) is 0 Å². The summed E-state index contributed by atoms with van der Waals surface area (Å²) in [5.74, 6) is 2.32. The van der Waals surface area contributed by atoms with Crippen LogP contribution in [0.2, 0.25) is 0 Å². The first kappa shape index (κ1) is 9.24. The van der Waals surface area contributed by atoms with Crippen LogP contribution in [-0.2, 0) is 10.8 Å². The van der Waals surface area contributed by atoms with Gasteiger partial charge in [-0.2, -0.15) is 0 Å². The molecule has 0 aromatic carbocycles. The molecular weight excluding hydrogens is 156 g/mol. The highest BCUT2D eigenvalue weighted by atomic mass is 32.2. The Kier molecular flexibility index (Phi) is 3.11. The molecule has 1 rings (SSSR count). The topological polar surface area (TPSA) is 17.1 Å². The molecule has 0 amide bonds. The van der Waals surface area contributed by atoms with Crippen LogP contribution in [-0.4, -0.2) is 15.2 Å². The van der Waals surface area contributed by atoms with Crippen molar-refractivity contribution in [2.75, 3.05) is 5.75 Å². The predicted molar refractivity (Wildman–Crippen MR) is 50.0 cm³/mol. The Bertz CT molecular complexity index is 150. The predicted octanol–water partition coefficient (Wildman–Crippen LogP) is 2.19. The average Bonchev–Trinajstić information content (AvgIpc) is 2.69. The van der Waals surface area contributed by atoms with Crippen LogP contribution < -0.4 is 0 Å². The van der Waals surface area contributed by atoms with E-state index in [0.717, 1.165) is 11.7 Å². The summed E-state index contributed by atoms with van der Waals surface area (Å²) in [6, 6.07) is 0. The molecule has 11 heavy (non-hydrogen) atoms. The van der Waals surface area contributed by atoms with Crippen molar-refractivity contribution < 1.29 is 4.21 Å². The SMILES string of the molecule is CC(C)C(C)S(=O)CC1CC1. The molecule has 0 N–H and O–H groups in total. The van der Waals surface area contributed by atoms with E-state index in [0.29, 0.717) is 11.2 Å². The van der Waals surface area contributed by atoms with Crippen molar-refractivity contribution in [1.82, 2.24) is 0 Å². The maximum atomic E-state index is 11.5. The van der Waals surface area contributed by atoms with E-state index < -0.39 is 10.8 Å². The molecule has 0 saturated heterocycles. The Hall–Kier alpha value is 0.150. The van der Waals surface area contributed by atoms with Gasteiger partial charge in [0.2, 0.25) is 0 Å². The molecule has 2 heteroatoms. The highest BCUT2D eigenvalue weighted by Crippen LogP contribution is 2.30. The van der Waals surface area contributed by atoms with Crippen molar-refractivity contribution >= 4 is 10.8 Å². The first-order valence-corrected chi connectivity index (χ1v) is 5.86. The maximum absolute atomic E-state index is 11.5. The highest BCUT2D eigenvalue weighted by Gasteiger charge is 2.26. The van der Waals surface area contributed by atoms with E-state index in [-0.39, 0.29) is 0 Å². The van der Waals surface area contributed by atoms with Crippen molar-refractivity contribution in [3.8, 4) is 0 Å². The first-order chi connectivity index (χ1) is 5.11. The van der Waals surface area contributed by atoms with Crippen LogP contribution in [0.3, 0.4) is 0 Å². The lowest BCUT2D eigenvalue weighted by Gasteiger charge is -2.14. The fourth-order valence-electron chi connectivity index (χ4n) is 0.972. The smallest absolute Gasteiger partial charge is 0.0342 e. The van der Waals surface area contributed by atoms with Gasteiger partial charge in [-0.05, 0) is 24.7 Å². The fourth-order valence-corrected chi connectivity index (χ4v) is 2.68. The molecule has 0 aromatic rings. The van der Waals surface area contributed by atoms with Gasteiger partial charge in [-0.15, -0.1) is 0 Å². The average molecular weight is 174 g/mol. The van der Waals surface area contributed by atoms with Crippen molar-refractivity contribution in [3.63, 3.8) is 0 Å². The quantitative estimate of drug-likeness (QED) is 0.638. The minimum absolute atomic E-state index is 0.385. The van der Waals surface area contributed by atoms with Gasteiger partial charge >= 0.3 is 0 Å². The van der Waals surface area contributed by atoms with Gasteiger partial charge in [0.05, 0.1) is 0 Å².